The molecule has 20 heavy (non-hydrogen) atoms. The summed E-state index contributed by atoms with van der Waals surface area (Å²) in [6, 6.07) is 12.7. The largest absolute Gasteiger partial charge is 0.325 e. The molecule has 0 aromatic heterocycles. The molecule has 0 aliphatic heterocycles. The molecule has 0 saturated carbocycles. The van der Waals surface area contributed by atoms with Crippen LogP contribution in [0.3, 0.4) is 0 Å². The van der Waals surface area contributed by atoms with Crippen LogP contribution in [0.5, 0.6) is 0 Å². The van der Waals surface area contributed by atoms with Gasteiger partial charge in [-0.25, -0.2) is 8.78 Å². The fourth-order valence-electron chi connectivity index (χ4n) is 1.57. The smallest absolute Gasteiger partial charge is 0.237 e. The van der Waals surface area contributed by atoms with Gasteiger partial charge in [0.1, 0.15) is 0 Å². The second kappa shape index (κ2) is 6.52. The molecule has 1 atom stereocenters. The van der Waals surface area contributed by atoms with Gasteiger partial charge in [-0.3, -0.25) is 4.79 Å². The molecule has 0 saturated heterocycles. The SMILES string of the molecule is CC(Sc1ccc(F)c(F)c1)C(=O)Nc1ccccc1. The maximum atomic E-state index is 13.1. The Balaban J connectivity index is 1.98. The number of hydrogen-bond donors (Lipinski definition) is 1. The monoisotopic (exact) mass is 293 g/mol. The summed E-state index contributed by atoms with van der Waals surface area (Å²) in [6.07, 6.45) is 0. The first-order chi connectivity index (χ1) is 9.56. The van der Waals surface area contributed by atoms with E-state index in [1.165, 1.54) is 17.8 Å². The van der Waals surface area contributed by atoms with Crippen LogP contribution in [0.25, 0.3) is 0 Å². The lowest BCUT2D eigenvalue weighted by Crippen LogP contribution is -2.22. The summed E-state index contributed by atoms with van der Waals surface area (Å²) in [7, 11) is 0. The number of amides is 1. The molecule has 0 fully saturated rings. The zero-order valence-electron chi connectivity index (χ0n) is 10.8. The van der Waals surface area contributed by atoms with E-state index in [1.54, 1.807) is 19.1 Å². The third-order valence-corrected chi connectivity index (χ3v) is 3.71. The van der Waals surface area contributed by atoms with Crippen LogP contribution in [-0.2, 0) is 4.79 Å². The van der Waals surface area contributed by atoms with Gasteiger partial charge < -0.3 is 5.32 Å². The summed E-state index contributed by atoms with van der Waals surface area (Å²) in [4.78, 5) is 12.5. The number of halogens is 2. The summed E-state index contributed by atoms with van der Waals surface area (Å²) < 4.78 is 25.9. The predicted molar refractivity (Wildman–Crippen MR) is 76.7 cm³/mol. The van der Waals surface area contributed by atoms with Crippen LogP contribution in [0.15, 0.2) is 53.4 Å². The van der Waals surface area contributed by atoms with Crippen LogP contribution < -0.4 is 5.32 Å². The minimum atomic E-state index is -0.911. The van der Waals surface area contributed by atoms with Gasteiger partial charge in [0.2, 0.25) is 5.91 Å². The average Bonchev–Trinajstić information content (AvgIpc) is 2.44. The molecule has 2 nitrogen and oxygen atoms in total. The molecule has 0 aliphatic rings. The Hall–Kier alpha value is -1.88. The van der Waals surface area contributed by atoms with E-state index in [0.717, 1.165) is 12.1 Å². The highest BCUT2D eigenvalue weighted by atomic mass is 32.2. The highest BCUT2D eigenvalue weighted by Gasteiger charge is 2.15. The van der Waals surface area contributed by atoms with Crippen molar-refractivity contribution >= 4 is 23.4 Å². The van der Waals surface area contributed by atoms with Crippen molar-refractivity contribution in [3.63, 3.8) is 0 Å². The van der Waals surface area contributed by atoms with Crippen LogP contribution >= 0.6 is 11.8 Å². The molecule has 1 amide bonds. The quantitative estimate of drug-likeness (QED) is 0.860. The Morgan fingerprint density at radius 1 is 1.10 bits per heavy atom. The molecular formula is C15H13F2NOS. The third-order valence-electron chi connectivity index (χ3n) is 2.61. The van der Waals surface area contributed by atoms with Crippen molar-refractivity contribution in [3.05, 3.63) is 60.2 Å². The predicted octanol–water partition coefficient (Wildman–Crippen LogP) is 4.08. The number of nitrogens with one attached hydrogen (secondary N) is 1. The van der Waals surface area contributed by atoms with Crippen molar-refractivity contribution < 1.29 is 13.6 Å². The number of thioether (sulfide) groups is 1. The lowest BCUT2D eigenvalue weighted by Gasteiger charge is -2.12. The molecule has 0 heterocycles. The molecule has 5 heteroatoms. The fraction of sp³-hybridized carbons (Fsp3) is 0.133. The van der Waals surface area contributed by atoms with Crippen molar-refractivity contribution in [2.75, 3.05) is 5.32 Å². The minimum Gasteiger partial charge on any atom is -0.325 e. The maximum absolute atomic E-state index is 13.1. The first-order valence-electron chi connectivity index (χ1n) is 6.04. The maximum Gasteiger partial charge on any atom is 0.237 e. The molecule has 2 aromatic rings. The van der Waals surface area contributed by atoms with E-state index in [1.807, 2.05) is 18.2 Å². The van der Waals surface area contributed by atoms with Crippen molar-refractivity contribution in [1.82, 2.24) is 0 Å². The van der Waals surface area contributed by atoms with Crippen LogP contribution in [0.1, 0.15) is 6.92 Å². The topological polar surface area (TPSA) is 29.1 Å². The van der Waals surface area contributed by atoms with E-state index in [9.17, 15) is 13.6 Å². The van der Waals surface area contributed by atoms with Gasteiger partial charge in [-0.05, 0) is 37.3 Å². The molecule has 1 unspecified atom stereocenters. The Labute approximate surface area is 120 Å². The third kappa shape index (κ3) is 3.81. The summed E-state index contributed by atoms with van der Waals surface area (Å²) in [5.41, 5.74) is 0.704. The van der Waals surface area contributed by atoms with Crippen molar-refractivity contribution in [3.8, 4) is 0 Å². The number of benzene rings is 2. The highest BCUT2D eigenvalue weighted by Crippen LogP contribution is 2.25. The number of rotatable bonds is 4. The second-order valence-electron chi connectivity index (χ2n) is 4.19. The normalized spacial score (nSPS) is 11.9. The molecule has 0 bridgehead atoms. The van der Waals surface area contributed by atoms with Crippen molar-refractivity contribution in [2.24, 2.45) is 0 Å². The lowest BCUT2D eigenvalue weighted by atomic mass is 10.3. The molecule has 104 valence electrons. The average molecular weight is 293 g/mol. The first-order valence-corrected chi connectivity index (χ1v) is 6.92. The van der Waals surface area contributed by atoms with Crippen LogP contribution in [0.4, 0.5) is 14.5 Å². The van der Waals surface area contributed by atoms with Crippen LogP contribution in [-0.4, -0.2) is 11.2 Å². The number of para-hydroxylation sites is 1. The molecule has 0 radical (unpaired) electrons. The van der Waals surface area contributed by atoms with Gasteiger partial charge in [0, 0.05) is 10.6 Å². The van der Waals surface area contributed by atoms with E-state index in [-0.39, 0.29) is 5.91 Å². The summed E-state index contributed by atoms with van der Waals surface area (Å²) in [6.45, 7) is 1.71. The van der Waals surface area contributed by atoms with Gasteiger partial charge >= 0.3 is 0 Å². The number of hydrogen-bond acceptors (Lipinski definition) is 2. The Kier molecular flexibility index (Phi) is 4.74. The zero-order chi connectivity index (χ0) is 14.5. The minimum absolute atomic E-state index is 0.189. The second-order valence-corrected chi connectivity index (χ2v) is 5.61. The van der Waals surface area contributed by atoms with Crippen molar-refractivity contribution in [1.29, 1.82) is 0 Å². The summed E-state index contributed by atoms with van der Waals surface area (Å²) in [5, 5.41) is 2.34. The van der Waals surface area contributed by atoms with Crippen molar-refractivity contribution in [2.45, 2.75) is 17.1 Å². The van der Waals surface area contributed by atoms with Crippen LogP contribution in [0, 0.1) is 11.6 Å². The van der Waals surface area contributed by atoms with Gasteiger partial charge in [0.05, 0.1) is 5.25 Å². The van der Waals surface area contributed by atoms with Gasteiger partial charge in [-0.15, -0.1) is 11.8 Å². The standard InChI is InChI=1S/C15H13F2NOS/c1-10(15(19)18-11-5-3-2-4-6-11)20-12-7-8-13(16)14(17)9-12/h2-10H,1H3,(H,18,19). The van der Waals surface area contributed by atoms with E-state index in [2.05, 4.69) is 5.32 Å². The fourth-order valence-corrected chi connectivity index (χ4v) is 2.47. The zero-order valence-corrected chi connectivity index (χ0v) is 11.6. The Morgan fingerprint density at radius 3 is 2.45 bits per heavy atom. The van der Waals surface area contributed by atoms with Gasteiger partial charge in [-0.1, -0.05) is 18.2 Å². The highest BCUT2D eigenvalue weighted by molar-refractivity contribution is 8.00. The molecule has 1 N–H and O–H groups in total. The molecule has 0 aliphatic carbocycles. The number of carbonyl (C=O) groups excluding carboxylic acids is 1. The Bertz CT molecular complexity index is 604. The van der Waals surface area contributed by atoms with Gasteiger partial charge in [0.25, 0.3) is 0 Å². The van der Waals surface area contributed by atoms with Crippen LogP contribution in [0.2, 0.25) is 0 Å². The van der Waals surface area contributed by atoms with E-state index in [0.29, 0.717) is 10.6 Å². The van der Waals surface area contributed by atoms with E-state index >= 15 is 0 Å². The Morgan fingerprint density at radius 2 is 1.80 bits per heavy atom. The molecule has 0 spiro atoms. The first kappa shape index (κ1) is 14.5. The van der Waals surface area contributed by atoms with E-state index in [4.69, 9.17) is 0 Å². The number of carbonyl (C=O) groups is 1. The van der Waals surface area contributed by atoms with Gasteiger partial charge in [0.15, 0.2) is 11.6 Å². The summed E-state index contributed by atoms with van der Waals surface area (Å²) >= 11 is 1.18. The summed E-state index contributed by atoms with van der Waals surface area (Å²) in [5.74, 6) is -1.99. The van der Waals surface area contributed by atoms with E-state index < -0.39 is 16.9 Å². The lowest BCUT2D eigenvalue weighted by molar-refractivity contribution is -0.115. The molecule has 2 aromatic carbocycles. The molecule has 2 rings (SSSR count). The molecular weight excluding hydrogens is 280 g/mol. The number of anilines is 1. The van der Waals surface area contributed by atoms with Gasteiger partial charge in [-0.2, -0.15) is 0 Å².